The molecule has 1 saturated carbocycles. The van der Waals surface area contributed by atoms with Gasteiger partial charge in [-0.15, -0.1) is 11.3 Å². The van der Waals surface area contributed by atoms with Crippen LogP contribution >= 0.6 is 23.3 Å². The number of anilines is 1. The summed E-state index contributed by atoms with van der Waals surface area (Å²) in [6.45, 7) is 0. The average Bonchev–Trinajstić information content (AvgIpc) is 3.11. The van der Waals surface area contributed by atoms with Crippen LogP contribution in [0.5, 0.6) is 0 Å². The number of H-pyrrole nitrogens is 1. The molecule has 0 aliphatic heterocycles. The van der Waals surface area contributed by atoms with Gasteiger partial charge in [0.05, 0.1) is 22.4 Å². The summed E-state index contributed by atoms with van der Waals surface area (Å²) < 4.78 is 4.47. The molecule has 3 aromatic rings. The third-order valence-corrected chi connectivity index (χ3v) is 5.48. The maximum Gasteiger partial charge on any atom is 0.170 e. The lowest BCUT2D eigenvalue weighted by Crippen LogP contribution is -1.86. The first kappa shape index (κ1) is 12.7. The number of aromatic nitrogens is 3. The van der Waals surface area contributed by atoms with E-state index in [0.717, 1.165) is 20.8 Å². The smallest absolute Gasteiger partial charge is 0.170 e. The zero-order valence-corrected chi connectivity index (χ0v) is 12.6. The molecule has 0 saturated heterocycles. The third-order valence-electron chi connectivity index (χ3n) is 3.40. The minimum absolute atomic E-state index is 0.424. The molecule has 2 N–H and O–H groups in total. The second-order valence-electron chi connectivity index (χ2n) is 4.91. The van der Waals surface area contributed by atoms with Crippen LogP contribution in [0.4, 0.5) is 5.69 Å². The summed E-state index contributed by atoms with van der Waals surface area (Å²) in [6, 6.07) is 7.87. The predicted octanol–water partition coefficient (Wildman–Crippen LogP) is 3.89. The Morgan fingerprint density at radius 3 is 3.14 bits per heavy atom. The first-order valence-electron chi connectivity index (χ1n) is 6.61. The van der Waals surface area contributed by atoms with Gasteiger partial charge in [-0.1, -0.05) is 6.07 Å². The minimum Gasteiger partial charge on any atom is -0.323 e. The summed E-state index contributed by atoms with van der Waals surface area (Å²) in [5.41, 5.74) is 2.20. The van der Waals surface area contributed by atoms with Crippen molar-refractivity contribution in [1.29, 1.82) is 5.26 Å². The Bertz CT molecular complexity index is 841. The molecule has 1 aromatic carbocycles. The largest absolute Gasteiger partial charge is 0.323 e. The molecule has 0 spiro atoms. The molecule has 0 atom stereocenters. The molecule has 1 fully saturated rings. The number of hydrogen-bond acceptors (Lipinski definition) is 6. The second-order valence-corrected chi connectivity index (χ2v) is 7.08. The van der Waals surface area contributed by atoms with E-state index in [2.05, 4.69) is 26.0 Å². The van der Waals surface area contributed by atoms with Gasteiger partial charge in [-0.05, 0) is 36.9 Å². The van der Waals surface area contributed by atoms with Crippen LogP contribution < -0.4 is 4.72 Å². The predicted molar refractivity (Wildman–Crippen MR) is 84.4 cm³/mol. The molecular weight excluding hydrogens is 302 g/mol. The van der Waals surface area contributed by atoms with Crippen molar-refractivity contribution in [1.82, 2.24) is 15.2 Å². The highest BCUT2D eigenvalue weighted by molar-refractivity contribution is 8.02. The zero-order valence-electron chi connectivity index (χ0n) is 11.0. The van der Waals surface area contributed by atoms with Crippen molar-refractivity contribution in [3.63, 3.8) is 0 Å². The normalized spacial score (nSPS) is 14.2. The van der Waals surface area contributed by atoms with Gasteiger partial charge in [-0.25, -0.2) is 4.98 Å². The lowest BCUT2D eigenvalue weighted by Gasteiger charge is -2.04. The van der Waals surface area contributed by atoms with E-state index in [-0.39, 0.29) is 0 Å². The molecule has 0 amide bonds. The Morgan fingerprint density at radius 1 is 1.43 bits per heavy atom. The van der Waals surface area contributed by atoms with Gasteiger partial charge in [0.25, 0.3) is 0 Å². The maximum atomic E-state index is 9.02. The SMILES string of the molecule is N#Cc1n[nH]c2c(NSc3cnc(C4CC4)s3)cccc12. The fourth-order valence-electron chi connectivity index (χ4n) is 2.16. The number of rotatable bonds is 4. The molecule has 0 radical (unpaired) electrons. The average molecular weight is 313 g/mol. The Hall–Kier alpha value is -2.04. The van der Waals surface area contributed by atoms with E-state index in [9.17, 15) is 0 Å². The first-order valence-corrected chi connectivity index (χ1v) is 8.24. The molecule has 21 heavy (non-hydrogen) atoms. The van der Waals surface area contributed by atoms with Crippen molar-refractivity contribution in [2.45, 2.75) is 23.0 Å². The third kappa shape index (κ3) is 2.37. The number of hydrogen-bond donors (Lipinski definition) is 2. The Morgan fingerprint density at radius 2 is 2.33 bits per heavy atom. The summed E-state index contributed by atoms with van der Waals surface area (Å²) in [5.74, 6) is 0.693. The Labute approximate surface area is 129 Å². The van der Waals surface area contributed by atoms with Crippen LogP contribution in [0.25, 0.3) is 10.9 Å². The number of aromatic amines is 1. The monoisotopic (exact) mass is 313 g/mol. The van der Waals surface area contributed by atoms with Crippen LogP contribution in [0.2, 0.25) is 0 Å². The number of nitriles is 1. The van der Waals surface area contributed by atoms with E-state index >= 15 is 0 Å². The number of fused-ring (bicyclic) bond motifs is 1. The lowest BCUT2D eigenvalue weighted by molar-refractivity contribution is 1.08. The van der Waals surface area contributed by atoms with Gasteiger partial charge in [0.1, 0.15) is 10.3 Å². The summed E-state index contributed by atoms with van der Waals surface area (Å²) >= 11 is 3.30. The van der Waals surface area contributed by atoms with E-state index in [1.807, 2.05) is 24.4 Å². The molecule has 4 rings (SSSR count). The Kier molecular flexibility index (Phi) is 3.05. The van der Waals surface area contributed by atoms with Crippen molar-refractivity contribution in [3.05, 3.63) is 35.1 Å². The minimum atomic E-state index is 0.424. The summed E-state index contributed by atoms with van der Waals surface area (Å²) in [7, 11) is 0. The summed E-state index contributed by atoms with van der Waals surface area (Å²) in [6.07, 6.45) is 4.47. The highest BCUT2D eigenvalue weighted by Crippen LogP contribution is 2.43. The molecule has 5 nitrogen and oxygen atoms in total. The fourth-order valence-corrected chi connectivity index (χ4v) is 4.01. The summed E-state index contributed by atoms with van der Waals surface area (Å²) in [4.78, 5) is 4.46. The number of thiazole rings is 1. The van der Waals surface area contributed by atoms with Crippen molar-refractivity contribution in [3.8, 4) is 6.07 Å². The van der Waals surface area contributed by atoms with Gasteiger partial charge in [-0.3, -0.25) is 5.10 Å². The number of nitrogens with one attached hydrogen (secondary N) is 2. The van der Waals surface area contributed by atoms with Gasteiger partial charge in [0, 0.05) is 11.3 Å². The quantitative estimate of drug-likeness (QED) is 0.715. The second kappa shape index (κ2) is 5.06. The van der Waals surface area contributed by atoms with Crippen molar-refractivity contribution in [2.24, 2.45) is 0 Å². The van der Waals surface area contributed by atoms with Crippen molar-refractivity contribution < 1.29 is 0 Å². The number of benzene rings is 1. The molecule has 104 valence electrons. The molecule has 2 aromatic heterocycles. The van der Waals surface area contributed by atoms with Gasteiger partial charge >= 0.3 is 0 Å². The van der Waals surface area contributed by atoms with Gasteiger partial charge < -0.3 is 4.72 Å². The van der Waals surface area contributed by atoms with E-state index in [1.54, 1.807) is 23.3 Å². The highest BCUT2D eigenvalue weighted by atomic mass is 32.2. The molecule has 0 bridgehead atoms. The molecule has 0 unspecified atom stereocenters. The van der Waals surface area contributed by atoms with Crippen LogP contribution in [0.3, 0.4) is 0 Å². The van der Waals surface area contributed by atoms with E-state index in [0.29, 0.717) is 11.6 Å². The molecular formula is C14H11N5S2. The topological polar surface area (TPSA) is 77.4 Å². The molecule has 1 aliphatic carbocycles. The van der Waals surface area contributed by atoms with E-state index in [1.165, 1.54) is 17.8 Å². The van der Waals surface area contributed by atoms with Crippen molar-refractivity contribution >= 4 is 39.9 Å². The lowest BCUT2D eigenvalue weighted by atomic mass is 10.2. The molecule has 2 heterocycles. The fraction of sp³-hybridized carbons (Fsp3) is 0.214. The standard InChI is InChI=1S/C14H11N5S2/c15-6-11-9-2-1-3-10(13(9)18-17-11)19-21-12-7-16-14(20-12)8-4-5-8/h1-3,7-8,19H,4-5H2,(H,17,18). The van der Waals surface area contributed by atoms with Crippen LogP contribution in [0.15, 0.2) is 28.6 Å². The van der Waals surface area contributed by atoms with Gasteiger partial charge in [0.2, 0.25) is 0 Å². The van der Waals surface area contributed by atoms with Crippen LogP contribution in [0.1, 0.15) is 29.5 Å². The van der Waals surface area contributed by atoms with E-state index in [4.69, 9.17) is 5.26 Å². The van der Waals surface area contributed by atoms with E-state index < -0.39 is 0 Å². The van der Waals surface area contributed by atoms with Crippen LogP contribution in [0, 0.1) is 11.3 Å². The summed E-state index contributed by atoms with van der Waals surface area (Å²) in [5, 5.41) is 18.0. The van der Waals surface area contributed by atoms with Gasteiger partial charge in [0.15, 0.2) is 5.69 Å². The van der Waals surface area contributed by atoms with Gasteiger partial charge in [-0.2, -0.15) is 10.4 Å². The maximum absolute atomic E-state index is 9.02. The van der Waals surface area contributed by atoms with Crippen LogP contribution in [-0.4, -0.2) is 15.2 Å². The Balaban J connectivity index is 1.56. The first-order chi connectivity index (χ1) is 10.3. The molecule has 7 heteroatoms. The zero-order chi connectivity index (χ0) is 14.2. The number of nitrogens with zero attached hydrogens (tertiary/aromatic N) is 3. The van der Waals surface area contributed by atoms with Crippen molar-refractivity contribution in [2.75, 3.05) is 4.72 Å². The molecule has 1 aliphatic rings. The number of para-hydroxylation sites is 1. The van der Waals surface area contributed by atoms with Crippen LogP contribution in [-0.2, 0) is 0 Å². The highest BCUT2D eigenvalue weighted by Gasteiger charge is 2.26.